The van der Waals surface area contributed by atoms with Crippen LogP contribution in [-0.4, -0.2) is 31.1 Å². The van der Waals surface area contributed by atoms with Gasteiger partial charge in [0.2, 0.25) is 0 Å². The number of fused-ring (bicyclic) bond motifs is 1. The molecule has 2 rings (SSSR count). The predicted octanol–water partition coefficient (Wildman–Crippen LogP) is 2.20. The maximum absolute atomic E-state index is 9.80. The lowest BCUT2D eigenvalue weighted by Crippen LogP contribution is -2.29. The molecule has 0 fully saturated rings. The zero-order valence-electron chi connectivity index (χ0n) is 11.4. The summed E-state index contributed by atoms with van der Waals surface area (Å²) >= 11 is 1.77. The molecular weight excluding hydrogens is 259 g/mol. The summed E-state index contributed by atoms with van der Waals surface area (Å²) in [5.74, 6) is 1.01. The lowest BCUT2D eigenvalue weighted by molar-refractivity contribution is 0.132. The standard InChI is InChI=1S/C14H21BO3S/c1-2-3-8-17-9-5-10-19-13-7-4-6-12-11-18-15(16)14(12)13/h4,6-7,16H,2-3,5,8-11H2,1H3. The zero-order chi connectivity index (χ0) is 13.5. The monoisotopic (exact) mass is 280 g/mol. The highest BCUT2D eigenvalue weighted by molar-refractivity contribution is 7.99. The zero-order valence-corrected chi connectivity index (χ0v) is 12.2. The predicted molar refractivity (Wildman–Crippen MR) is 79.9 cm³/mol. The second-order valence-corrected chi connectivity index (χ2v) is 5.80. The van der Waals surface area contributed by atoms with Crippen LogP contribution in [-0.2, 0) is 16.0 Å². The van der Waals surface area contributed by atoms with Crippen LogP contribution in [0, 0.1) is 0 Å². The molecule has 0 saturated carbocycles. The molecule has 0 aromatic heterocycles. The molecular formula is C14H21BO3S. The van der Waals surface area contributed by atoms with Gasteiger partial charge in [0.1, 0.15) is 0 Å². The fourth-order valence-corrected chi connectivity index (χ4v) is 3.11. The molecule has 1 N–H and O–H groups in total. The lowest BCUT2D eigenvalue weighted by atomic mass is 9.79. The van der Waals surface area contributed by atoms with Gasteiger partial charge in [0.15, 0.2) is 0 Å². The number of hydrogen-bond donors (Lipinski definition) is 1. The van der Waals surface area contributed by atoms with Gasteiger partial charge < -0.3 is 14.4 Å². The number of unbranched alkanes of at least 4 members (excludes halogenated alkanes) is 1. The molecule has 19 heavy (non-hydrogen) atoms. The second kappa shape index (κ2) is 7.95. The highest BCUT2D eigenvalue weighted by Gasteiger charge is 2.29. The average Bonchev–Trinajstić information content (AvgIpc) is 2.80. The van der Waals surface area contributed by atoms with E-state index in [-0.39, 0.29) is 0 Å². The third-order valence-corrected chi connectivity index (χ3v) is 4.29. The van der Waals surface area contributed by atoms with Crippen molar-refractivity contribution in [3.63, 3.8) is 0 Å². The van der Waals surface area contributed by atoms with Crippen molar-refractivity contribution in [3.8, 4) is 0 Å². The van der Waals surface area contributed by atoms with Crippen molar-refractivity contribution in [1.82, 2.24) is 0 Å². The number of thioether (sulfide) groups is 1. The third-order valence-electron chi connectivity index (χ3n) is 3.13. The summed E-state index contributed by atoms with van der Waals surface area (Å²) in [7, 11) is -0.750. The minimum atomic E-state index is -0.750. The largest absolute Gasteiger partial charge is 0.492 e. The van der Waals surface area contributed by atoms with Crippen LogP contribution >= 0.6 is 11.8 Å². The van der Waals surface area contributed by atoms with E-state index in [0.717, 1.165) is 47.7 Å². The summed E-state index contributed by atoms with van der Waals surface area (Å²) < 4.78 is 10.8. The molecule has 1 aliphatic rings. The van der Waals surface area contributed by atoms with E-state index in [4.69, 9.17) is 9.39 Å². The Balaban J connectivity index is 1.73. The van der Waals surface area contributed by atoms with Gasteiger partial charge in [-0.25, -0.2) is 0 Å². The van der Waals surface area contributed by atoms with Crippen LogP contribution in [0.4, 0.5) is 0 Å². The van der Waals surface area contributed by atoms with Crippen LogP contribution in [0.15, 0.2) is 23.1 Å². The minimum Gasteiger partial charge on any atom is -0.423 e. The maximum Gasteiger partial charge on any atom is 0.492 e. The topological polar surface area (TPSA) is 38.7 Å². The normalized spacial score (nSPS) is 13.9. The Hall–Kier alpha value is -0.485. The quantitative estimate of drug-likeness (QED) is 0.450. The highest BCUT2D eigenvalue weighted by Crippen LogP contribution is 2.22. The summed E-state index contributed by atoms with van der Waals surface area (Å²) in [6.45, 7) is 4.38. The molecule has 0 amide bonds. The van der Waals surface area contributed by atoms with Gasteiger partial charge in [-0.15, -0.1) is 11.8 Å². The maximum atomic E-state index is 9.80. The van der Waals surface area contributed by atoms with Crippen molar-refractivity contribution < 1.29 is 14.4 Å². The van der Waals surface area contributed by atoms with Gasteiger partial charge in [0.25, 0.3) is 0 Å². The van der Waals surface area contributed by atoms with Gasteiger partial charge in [-0.3, -0.25) is 0 Å². The smallest absolute Gasteiger partial charge is 0.423 e. The molecule has 104 valence electrons. The van der Waals surface area contributed by atoms with Crippen LogP contribution in [0.5, 0.6) is 0 Å². The van der Waals surface area contributed by atoms with E-state index < -0.39 is 7.12 Å². The fraction of sp³-hybridized carbons (Fsp3) is 0.571. The number of hydrogen-bond acceptors (Lipinski definition) is 4. The van der Waals surface area contributed by atoms with Gasteiger partial charge in [-0.2, -0.15) is 0 Å². The van der Waals surface area contributed by atoms with E-state index in [9.17, 15) is 5.02 Å². The number of benzene rings is 1. The second-order valence-electron chi connectivity index (χ2n) is 4.66. The molecule has 0 aliphatic carbocycles. The molecule has 0 radical (unpaired) electrons. The summed E-state index contributed by atoms with van der Waals surface area (Å²) in [5.41, 5.74) is 2.07. The summed E-state index contributed by atoms with van der Waals surface area (Å²) in [6, 6.07) is 6.10. The Labute approximate surface area is 119 Å². The Bertz CT molecular complexity index is 400. The molecule has 0 spiro atoms. The minimum absolute atomic E-state index is 0.519. The van der Waals surface area contributed by atoms with E-state index in [1.54, 1.807) is 11.8 Å². The van der Waals surface area contributed by atoms with Gasteiger partial charge in [-0.05, 0) is 24.5 Å². The Kier molecular flexibility index (Phi) is 6.24. The first kappa shape index (κ1) is 14.9. The molecule has 1 aromatic carbocycles. The molecule has 1 aromatic rings. The van der Waals surface area contributed by atoms with Crippen LogP contribution in [0.25, 0.3) is 0 Å². The number of rotatable bonds is 8. The van der Waals surface area contributed by atoms with E-state index in [0.29, 0.717) is 6.61 Å². The van der Waals surface area contributed by atoms with Crippen molar-refractivity contribution >= 4 is 24.3 Å². The average molecular weight is 280 g/mol. The number of ether oxygens (including phenoxy) is 1. The molecule has 1 heterocycles. The SMILES string of the molecule is CCCCOCCCSc1cccc2c1B(O)OC2. The van der Waals surface area contributed by atoms with Crippen LogP contribution in [0.3, 0.4) is 0 Å². The lowest BCUT2D eigenvalue weighted by Gasteiger charge is -2.08. The highest BCUT2D eigenvalue weighted by atomic mass is 32.2. The summed E-state index contributed by atoms with van der Waals surface area (Å²) in [5, 5.41) is 9.80. The molecule has 0 bridgehead atoms. The van der Waals surface area contributed by atoms with Gasteiger partial charge in [0, 0.05) is 29.3 Å². The van der Waals surface area contributed by atoms with E-state index in [2.05, 4.69) is 13.0 Å². The molecule has 0 atom stereocenters. The Morgan fingerprint density at radius 1 is 1.37 bits per heavy atom. The van der Waals surface area contributed by atoms with Crippen molar-refractivity contribution in [2.45, 2.75) is 37.7 Å². The molecule has 3 nitrogen and oxygen atoms in total. The van der Waals surface area contributed by atoms with Crippen LogP contribution in [0.2, 0.25) is 0 Å². The molecule has 5 heteroatoms. The van der Waals surface area contributed by atoms with Crippen molar-refractivity contribution in [2.75, 3.05) is 19.0 Å². The van der Waals surface area contributed by atoms with Crippen LogP contribution < -0.4 is 5.46 Å². The van der Waals surface area contributed by atoms with Gasteiger partial charge in [0.05, 0.1) is 6.61 Å². The van der Waals surface area contributed by atoms with E-state index in [1.165, 1.54) is 6.42 Å². The van der Waals surface area contributed by atoms with E-state index in [1.807, 2.05) is 12.1 Å². The van der Waals surface area contributed by atoms with Crippen molar-refractivity contribution in [2.24, 2.45) is 0 Å². The van der Waals surface area contributed by atoms with Crippen molar-refractivity contribution in [1.29, 1.82) is 0 Å². The molecule has 1 aliphatic heterocycles. The Morgan fingerprint density at radius 3 is 3.05 bits per heavy atom. The first-order valence-electron chi connectivity index (χ1n) is 6.95. The Morgan fingerprint density at radius 2 is 2.21 bits per heavy atom. The van der Waals surface area contributed by atoms with Crippen molar-refractivity contribution in [3.05, 3.63) is 23.8 Å². The van der Waals surface area contributed by atoms with Gasteiger partial charge >= 0.3 is 7.12 Å². The fourth-order valence-electron chi connectivity index (χ4n) is 2.07. The molecule has 0 saturated heterocycles. The molecule has 0 unspecified atom stereocenters. The van der Waals surface area contributed by atoms with E-state index >= 15 is 0 Å². The summed E-state index contributed by atoms with van der Waals surface area (Å²) in [6.07, 6.45) is 3.36. The first-order chi connectivity index (χ1) is 9.33. The first-order valence-corrected chi connectivity index (χ1v) is 7.93. The van der Waals surface area contributed by atoms with Gasteiger partial charge in [-0.1, -0.05) is 25.5 Å². The van der Waals surface area contributed by atoms with Crippen LogP contribution in [0.1, 0.15) is 31.7 Å². The summed E-state index contributed by atoms with van der Waals surface area (Å²) in [4.78, 5) is 1.14. The third kappa shape index (κ3) is 4.24.